The molecule has 1 fully saturated rings. The van der Waals surface area contributed by atoms with Gasteiger partial charge in [0.15, 0.2) is 5.69 Å². The van der Waals surface area contributed by atoms with Crippen LogP contribution in [0, 0.1) is 6.92 Å². The molecular weight excluding hydrogens is 329 g/mol. The highest BCUT2D eigenvalue weighted by molar-refractivity contribution is 5.96. The SMILES string of the molecule is CCOC(=O)N1CCN(C(=O)c2c(C(F)(F)F)nn(C)c2C)CC1. The minimum absolute atomic E-state index is 0.142. The van der Waals surface area contributed by atoms with Gasteiger partial charge in [-0.2, -0.15) is 18.3 Å². The van der Waals surface area contributed by atoms with Gasteiger partial charge in [0, 0.05) is 38.9 Å². The van der Waals surface area contributed by atoms with E-state index in [1.54, 1.807) is 6.92 Å². The highest BCUT2D eigenvalue weighted by Crippen LogP contribution is 2.33. The molecule has 0 aliphatic carbocycles. The lowest BCUT2D eigenvalue weighted by Crippen LogP contribution is -2.51. The summed E-state index contributed by atoms with van der Waals surface area (Å²) < 4.78 is 45.2. The molecule has 1 aromatic rings. The second-order valence-corrected chi connectivity index (χ2v) is 5.41. The van der Waals surface area contributed by atoms with Crippen LogP contribution in [0.5, 0.6) is 0 Å². The Morgan fingerprint density at radius 2 is 1.71 bits per heavy atom. The molecule has 0 aromatic carbocycles. The number of nitrogens with zero attached hydrogens (tertiary/aromatic N) is 4. The van der Waals surface area contributed by atoms with Crippen molar-refractivity contribution in [3.05, 3.63) is 17.0 Å². The predicted octanol–water partition coefficient (Wildman–Crippen LogP) is 1.66. The highest BCUT2D eigenvalue weighted by Gasteiger charge is 2.41. The van der Waals surface area contributed by atoms with E-state index in [0.717, 1.165) is 4.68 Å². The van der Waals surface area contributed by atoms with E-state index in [9.17, 15) is 22.8 Å². The number of alkyl halides is 3. The molecule has 24 heavy (non-hydrogen) atoms. The quantitative estimate of drug-likeness (QED) is 0.815. The minimum atomic E-state index is -4.70. The van der Waals surface area contributed by atoms with E-state index in [1.807, 2.05) is 0 Å². The third-order valence-electron chi connectivity index (χ3n) is 3.91. The van der Waals surface area contributed by atoms with Crippen molar-refractivity contribution in [1.29, 1.82) is 0 Å². The van der Waals surface area contributed by atoms with Crippen molar-refractivity contribution in [2.24, 2.45) is 7.05 Å². The van der Waals surface area contributed by atoms with Crippen molar-refractivity contribution in [3.8, 4) is 0 Å². The van der Waals surface area contributed by atoms with Gasteiger partial charge in [-0.1, -0.05) is 0 Å². The van der Waals surface area contributed by atoms with Gasteiger partial charge in [0.1, 0.15) is 0 Å². The van der Waals surface area contributed by atoms with Crippen molar-refractivity contribution in [2.75, 3.05) is 32.8 Å². The molecule has 1 aromatic heterocycles. The highest BCUT2D eigenvalue weighted by atomic mass is 19.4. The summed E-state index contributed by atoms with van der Waals surface area (Å²) in [6, 6.07) is 0. The minimum Gasteiger partial charge on any atom is -0.450 e. The second kappa shape index (κ2) is 6.70. The molecular formula is C14H19F3N4O3. The van der Waals surface area contributed by atoms with E-state index in [1.165, 1.54) is 23.8 Å². The van der Waals surface area contributed by atoms with Crippen LogP contribution in [0.2, 0.25) is 0 Å². The van der Waals surface area contributed by atoms with Gasteiger partial charge < -0.3 is 14.5 Å². The van der Waals surface area contributed by atoms with Crippen molar-refractivity contribution < 1.29 is 27.5 Å². The van der Waals surface area contributed by atoms with Crippen LogP contribution in [-0.2, 0) is 18.0 Å². The third-order valence-corrected chi connectivity index (χ3v) is 3.91. The van der Waals surface area contributed by atoms with E-state index in [0.29, 0.717) is 0 Å². The summed E-state index contributed by atoms with van der Waals surface area (Å²) in [7, 11) is 1.36. The molecule has 2 amide bonds. The zero-order valence-corrected chi connectivity index (χ0v) is 13.7. The van der Waals surface area contributed by atoms with Gasteiger partial charge in [-0.05, 0) is 13.8 Å². The van der Waals surface area contributed by atoms with Gasteiger partial charge in [-0.15, -0.1) is 0 Å². The zero-order valence-electron chi connectivity index (χ0n) is 13.7. The van der Waals surface area contributed by atoms with Crippen molar-refractivity contribution >= 4 is 12.0 Å². The van der Waals surface area contributed by atoms with E-state index < -0.39 is 29.4 Å². The van der Waals surface area contributed by atoms with Crippen molar-refractivity contribution in [1.82, 2.24) is 19.6 Å². The van der Waals surface area contributed by atoms with E-state index in [4.69, 9.17) is 4.74 Å². The lowest BCUT2D eigenvalue weighted by molar-refractivity contribution is -0.141. The number of aromatic nitrogens is 2. The summed E-state index contributed by atoms with van der Waals surface area (Å²) >= 11 is 0. The molecule has 1 aliphatic heterocycles. The van der Waals surface area contributed by atoms with Gasteiger partial charge in [-0.25, -0.2) is 4.79 Å². The van der Waals surface area contributed by atoms with Gasteiger partial charge in [0.2, 0.25) is 0 Å². The van der Waals surface area contributed by atoms with Crippen LogP contribution in [-0.4, -0.2) is 64.4 Å². The van der Waals surface area contributed by atoms with Crippen LogP contribution >= 0.6 is 0 Å². The molecule has 1 aliphatic rings. The summed E-state index contributed by atoms with van der Waals surface area (Å²) in [5, 5.41) is 3.42. The zero-order chi connectivity index (χ0) is 18.1. The van der Waals surface area contributed by atoms with Crippen molar-refractivity contribution in [3.63, 3.8) is 0 Å². The molecule has 7 nitrogen and oxygen atoms in total. The first-order valence-electron chi connectivity index (χ1n) is 7.48. The van der Waals surface area contributed by atoms with Crippen LogP contribution in [0.4, 0.5) is 18.0 Å². The normalized spacial score (nSPS) is 15.6. The number of ether oxygens (including phenoxy) is 1. The Bertz CT molecular complexity index is 634. The molecule has 0 spiro atoms. The fraction of sp³-hybridized carbons (Fsp3) is 0.643. The van der Waals surface area contributed by atoms with Crippen LogP contribution in [0.15, 0.2) is 0 Å². The average Bonchev–Trinajstić information content (AvgIpc) is 2.83. The smallest absolute Gasteiger partial charge is 0.435 e. The van der Waals surface area contributed by atoms with Crippen molar-refractivity contribution in [2.45, 2.75) is 20.0 Å². The Morgan fingerprint density at radius 3 is 2.21 bits per heavy atom. The first-order valence-corrected chi connectivity index (χ1v) is 7.48. The molecule has 134 valence electrons. The van der Waals surface area contributed by atoms with Gasteiger partial charge in [-0.3, -0.25) is 9.48 Å². The fourth-order valence-electron chi connectivity index (χ4n) is 2.53. The van der Waals surface area contributed by atoms with E-state index in [2.05, 4.69) is 5.10 Å². The number of amides is 2. The fourth-order valence-corrected chi connectivity index (χ4v) is 2.53. The Kier molecular flexibility index (Phi) is 5.05. The summed E-state index contributed by atoms with van der Waals surface area (Å²) in [4.78, 5) is 26.9. The molecule has 0 atom stereocenters. The predicted molar refractivity (Wildman–Crippen MR) is 77.4 cm³/mol. The first kappa shape index (κ1) is 18.1. The number of hydrogen-bond donors (Lipinski definition) is 0. The number of piperazine rings is 1. The maximum absolute atomic E-state index is 13.1. The molecule has 10 heteroatoms. The first-order chi connectivity index (χ1) is 11.2. The maximum Gasteiger partial charge on any atom is 0.435 e. The Hall–Kier alpha value is -2.26. The summed E-state index contributed by atoms with van der Waals surface area (Å²) in [5.74, 6) is -0.726. The number of halogens is 3. The summed E-state index contributed by atoms with van der Waals surface area (Å²) in [5.41, 5.74) is -1.46. The van der Waals surface area contributed by atoms with Crippen LogP contribution in [0.3, 0.4) is 0 Å². The van der Waals surface area contributed by atoms with Gasteiger partial charge in [0.25, 0.3) is 5.91 Å². The number of carbonyl (C=O) groups is 2. The monoisotopic (exact) mass is 348 g/mol. The third kappa shape index (κ3) is 3.46. The summed E-state index contributed by atoms with van der Waals surface area (Å²) in [6.45, 7) is 4.05. The second-order valence-electron chi connectivity index (χ2n) is 5.41. The lowest BCUT2D eigenvalue weighted by Gasteiger charge is -2.34. The summed E-state index contributed by atoms with van der Waals surface area (Å²) in [6.07, 6.45) is -5.19. The molecule has 0 radical (unpaired) electrons. The number of aryl methyl sites for hydroxylation is 1. The molecule has 1 saturated heterocycles. The van der Waals surface area contributed by atoms with E-state index >= 15 is 0 Å². The van der Waals surface area contributed by atoms with Crippen LogP contribution < -0.4 is 0 Å². The molecule has 2 heterocycles. The van der Waals surface area contributed by atoms with Crippen LogP contribution in [0.25, 0.3) is 0 Å². The molecule has 0 saturated carbocycles. The average molecular weight is 348 g/mol. The number of hydrogen-bond acceptors (Lipinski definition) is 4. The maximum atomic E-state index is 13.1. The van der Waals surface area contributed by atoms with Gasteiger partial charge in [0.05, 0.1) is 12.2 Å². The molecule has 0 unspecified atom stereocenters. The molecule has 2 rings (SSSR count). The van der Waals surface area contributed by atoms with Crippen LogP contribution in [0.1, 0.15) is 28.7 Å². The molecule has 0 bridgehead atoms. The topological polar surface area (TPSA) is 67.7 Å². The standard InChI is InChI=1S/C14H19F3N4O3/c1-4-24-13(23)21-7-5-20(6-8-21)12(22)10-9(2)19(3)18-11(10)14(15,16)17/h4-8H2,1-3H3. The Morgan fingerprint density at radius 1 is 1.17 bits per heavy atom. The van der Waals surface area contributed by atoms with E-state index in [-0.39, 0.29) is 38.5 Å². The Balaban J connectivity index is 2.16. The Labute approximate surface area is 137 Å². The number of rotatable bonds is 2. The van der Waals surface area contributed by atoms with Gasteiger partial charge >= 0.3 is 12.3 Å². The number of carbonyl (C=O) groups excluding carboxylic acids is 2. The molecule has 0 N–H and O–H groups in total. The largest absolute Gasteiger partial charge is 0.450 e. The lowest BCUT2D eigenvalue weighted by atomic mass is 10.1.